The molecule has 0 fully saturated rings. The van der Waals surface area contributed by atoms with E-state index in [9.17, 15) is 0 Å². The molecule has 3 heteroatoms. The minimum absolute atomic E-state index is 0.0777. The van der Waals surface area contributed by atoms with Crippen molar-refractivity contribution >= 4 is 15.9 Å². The minimum atomic E-state index is 0.0777. The van der Waals surface area contributed by atoms with Crippen LogP contribution in [0.5, 0.6) is 0 Å². The molecule has 1 heterocycles. The third-order valence-electron chi connectivity index (χ3n) is 1.46. The van der Waals surface area contributed by atoms with E-state index in [2.05, 4.69) is 27.2 Å². The Labute approximate surface area is 80.5 Å². The van der Waals surface area contributed by atoms with Crippen LogP contribution in [-0.4, -0.2) is 6.04 Å². The third-order valence-corrected chi connectivity index (χ3v) is 1.89. The average molecular weight is 228 g/mol. The SMILES string of the molecule is C#CC(C)NCc1ccc(Br)o1. The van der Waals surface area contributed by atoms with Crippen molar-refractivity contribution in [3.63, 3.8) is 0 Å². The number of nitrogens with one attached hydrogen (secondary N) is 1. The predicted molar refractivity (Wildman–Crippen MR) is 51.5 cm³/mol. The second kappa shape index (κ2) is 4.34. The fourth-order valence-corrected chi connectivity index (χ4v) is 1.10. The smallest absolute Gasteiger partial charge is 0.169 e. The van der Waals surface area contributed by atoms with Crippen molar-refractivity contribution in [3.8, 4) is 12.3 Å². The molecule has 1 atom stereocenters. The van der Waals surface area contributed by atoms with Crippen LogP contribution in [0.2, 0.25) is 0 Å². The summed E-state index contributed by atoms with van der Waals surface area (Å²) in [5.74, 6) is 3.46. The van der Waals surface area contributed by atoms with Gasteiger partial charge < -0.3 is 4.42 Å². The van der Waals surface area contributed by atoms with Gasteiger partial charge in [-0.05, 0) is 35.0 Å². The standard InChI is InChI=1S/C9H10BrNO/c1-3-7(2)11-6-8-4-5-9(10)12-8/h1,4-5,7,11H,6H2,2H3. The highest BCUT2D eigenvalue weighted by Crippen LogP contribution is 2.13. The van der Waals surface area contributed by atoms with E-state index in [-0.39, 0.29) is 6.04 Å². The summed E-state index contributed by atoms with van der Waals surface area (Å²) in [5, 5.41) is 3.11. The van der Waals surface area contributed by atoms with E-state index >= 15 is 0 Å². The number of hydrogen-bond acceptors (Lipinski definition) is 2. The highest BCUT2D eigenvalue weighted by molar-refractivity contribution is 9.10. The van der Waals surface area contributed by atoms with Crippen LogP contribution in [0.1, 0.15) is 12.7 Å². The van der Waals surface area contributed by atoms with Crippen molar-refractivity contribution in [1.82, 2.24) is 5.32 Å². The van der Waals surface area contributed by atoms with E-state index in [0.717, 1.165) is 10.4 Å². The molecule has 0 aliphatic rings. The van der Waals surface area contributed by atoms with Crippen molar-refractivity contribution < 1.29 is 4.42 Å². The molecule has 0 saturated carbocycles. The molecular weight excluding hydrogens is 218 g/mol. The molecule has 2 nitrogen and oxygen atoms in total. The van der Waals surface area contributed by atoms with Gasteiger partial charge in [0.2, 0.25) is 0 Å². The van der Waals surface area contributed by atoms with Crippen molar-refractivity contribution in [2.24, 2.45) is 0 Å². The lowest BCUT2D eigenvalue weighted by Gasteiger charge is -2.03. The summed E-state index contributed by atoms with van der Waals surface area (Å²) in [5.41, 5.74) is 0. The summed E-state index contributed by atoms with van der Waals surface area (Å²) < 4.78 is 6.01. The first kappa shape index (κ1) is 9.37. The van der Waals surface area contributed by atoms with Crippen molar-refractivity contribution in [2.45, 2.75) is 19.5 Å². The van der Waals surface area contributed by atoms with Crippen LogP contribution in [0.25, 0.3) is 0 Å². The van der Waals surface area contributed by atoms with Crippen LogP contribution < -0.4 is 5.32 Å². The zero-order chi connectivity index (χ0) is 8.97. The number of furan rings is 1. The highest BCUT2D eigenvalue weighted by atomic mass is 79.9. The van der Waals surface area contributed by atoms with Gasteiger partial charge in [0, 0.05) is 0 Å². The quantitative estimate of drug-likeness (QED) is 0.802. The van der Waals surface area contributed by atoms with Crippen molar-refractivity contribution in [1.29, 1.82) is 0 Å². The summed E-state index contributed by atoms with van der Waals surface area (Å²) in [6.45, 7) is 2.59. The molecule has 0 aliphatic heterocycles. The monoisotopic (exact) mass is 227 g/mol. The van der Waals surface area contributed by atoms with E-state index in [1.165, 1.54) is 0 Å². The van der Waals surface area contributed by atoms with Crippen LogP contribution >= 0.6 is 15.9 Å². The lowest BCUT2D eigenvalue weighted by molar-refractivity contribution is 0.460. The van der Waals surface area contributed by atoms with E-state index in [1.807, 2.05) is 19.1 Å². The summed E-state index contributed by atoms with van der Waals surface area (Å²) in [6, 6.07) is 3.84. The van der Waals surface area contributed by atoms with Gasteiger partial charge in [0.05, 0.1) is 12.6 Å². The topological polar surface area (TPSA) is 25.2 Å². The molecule has 0 spiro atoms. The van der Waals surface area contributed by atoms with Crippen LogP contribution in [0.3, 0.4) is 0 Å². The lowest BCUT2D eigenvalue weighted by Crippen LogP contribution is -2.23. The summed E-state index contributed by atoms with van der Waals surface area (Å²) in [4.78, 5) is 0. The van der Waals surface area contributed by atoms with Gasteiger partial charge >= 0.3 is 0 Å². The molecule has 0 bridgehead atoms. The molecule has 1 unspecified atom stereocenters. The molecule has 1 N–H and O–H groups in total. The molecule has 0 amide bonds. The Kier molecular flexibility index (Phi) is 3.39. The Bertz CT molecular complexity index is 287. The zero-order valence-corrected chi connectivity index (χ0v) is 8.39. The predicted octanol–water partition coefficient (Wildman–Crippen LogP) is 2.15. The van der Waals surface area contributed by atoms with Crippen LogP contribution in [0, 0.1) is 12.3 Å². The van der Waals surface area contributed by atoms with Gasteiger partial charge in [-0.15, -0.1) is 6.42 Å². The second-order valence-electron chi connectivity index (χ2n) is 2.48. The molecule has 0 aliphatic carbocycles. The number of rotatable bonds is 3. The first-order chi connectivity index (χ1) is 5.72. The maximum absolute atomic E-state index is 5.26. The first-order valence-electron chi connectivity index (χ1n) is 3.66. The molecule has 1 rings (SSSR count). The Morgan fingerprint density at radius 1 is 1.75 bits per heavy atom. The van der Waals surface area contributed by atoms with Crippen LogP contribution in [0.15, 0.2) is 21.2 Å². The molecule has 0 aromatic carbocycles. The Balaban J connectivity index is 2.39. The number of terminal acetylenes is 1. The van der Waals surface area contributed by atoms with Crippen molar-refractivity contribution in [2.75, 3.05) is 0 Å². The molecule has 64 valence electrons. The third kappa shape index (κ3) is 2.72. The lowest BCUT2D eigenvalue weighted by atomic mass is 10.3. The summed E-state index contributed by atoms with van der Waals surface area (Å²) >= 11 is 3.22. The molecule has 12 heavy (non-hydrogen) atoms. The van der Waals surface area contributed by atoms with E-state index in [4.69, 9.17) is 10.8 Å². The highest BCUT2D eigenvalue weighted by Gasteiger charge is 2.00. The average Bonchev–Trinajstić information content (AvgIpc) is 2.47. The molecule has 0 radical (unpaired) electrons. The fraction of sp³-hybridized carbons (Fsp3) is 0.333. The summed E-state index contributed by atoms with van der Waals surface area (Å²) in [7, 11) is 0. The number of hydrogen-bond donors (Lipinski definition) is 1. The maximum atomic E-state index is 5.26. The Hall–Kier alpha value is -0.720. The molecular formula is C9H10BrNO. The molecule has 1 aromatic rings. The normalized spacial score (nSPS) is 12.4. The minimum Gasteiger partial charge on any atom is -0.453 e. The van der Waals surface area contributed by atoms with E-state index in [1.54, 1.807) is 0 Å². The largest absolute Gasteiger partial charge is 0.453 e. The van der Waals surface area contributed by atoms with Gasteiger partial charge in [0.15, 0.2) is 4.67 Å². The Morgan fingerprint density at radius 2 is 2.50 bits per heavy atom. The maximum Gasteiger partial charge on any atom is 0.169 e. The fourth-order valence-electron chi connectivity index (χ4n) is 0.759. The van der Waals surface area contributed by atoms with Gasteiger partial charge in [-0.3, -0.25) is 5.32 Å². The molecule has 1 aromatic heterocycles. The van der Waals surface area contributed by atoms with Gasteiger partial charge in [0.1, 0.15) is 5.76 Å². The van der Waals surface area contributed by atoms with Crippen LogP contribution in [0.4, 0.5) is 0 Å². The van der Waals surface area contributed by atoms with Gasteiger partial charge in [-0.2, -0.15) is 0 Å². The first-order valence-corrected chi connectivity index (χ1v) is 4.45. The zero-order valence-electron chi connectivity index (χ0n) is 6.80. The molecule has 0 saturated heterocycles. The Morgan fingerprint density at radius 3 is 3.00 bits per heavy atom. The second-order valence-corrected chi connectivity index (χ2v) is 3.26. The van der Waals surface area contributed by atoms with Crippen LogP contribution in [-0.2, 0) is 6.54 Å². The van der Waals surface area contributed by atoms with Gasteiger partial charge in [0.25, 0.3) is 0 Å². The van der Waals surface area contributed by atoms with Gasteiger partial charge in [-0.25, -0.2) is 0 Å². The van der Waals surface area contributed by atoms with Crippen molar-refractivity contribution in [3.05, 3.63) is 22.6 Å². The number of halogens is 1. The van der Waals surface area contributed by atoms with E-state index in [0.29, 0.717) is 6.54 Å². The van der Waals surface area contributed by atoms with E-state index < -0.39 is 0 Å². The van der Waals surface area contributed by atoms with Gasteiger partial charge in [-0.1, -0.05) is 5.92 Å². The summed E-state index contributed by atoms with van der Waals surface area (Å²) in [6.07, 6.45) is 5.19.